The quantitative estimate of drug-likeness (QED) is 0.888. The molecule has 20 heavy (non-hydrogen) atoms. The number of anilines is 1. The van der Waals surface area contributed by atoms with E-state index in [1.807, 2.05) is 6.92 Å². The van der Waals surface area contributed by atoms with Crippen molar-refractivity contribution in [3.05, 3.63) is 53.3 Å². The third-order valence-corrected chi connectivity index (χ3v) is 4.40. The molecule has 0 aliphatic heterocycles. The van der Waals surface area contributed by atoms with Crippen molar-refractivity contribution in [3.8, 4) is 0 Å². The van der Waals surface area contributed by atoms with Gasteiger partial charge in [-0.1, -0.05) is 6.07 Å². The number of hydrogen-bond donors (Lipinski definition) is 2. The molecule has 0 aliphatic rings. The lowest BCUT2D eigenvalue weighted by atomic mass is 10.1. The van der Waals surface area contributed by atoms with Gasteiger partial charge in [0.2, 0.25) is 5.91 Å². The molecule has 1 heterocycles. The summed E-state index contributed by atoms with van der Waals surface area (Å²) < 4.78 is 12.3. The summed E-state index contributed by atoms with van der Waals surface area (Å²) in [6.45, 7) is 1.86. The summed E-state index contributed by atoms with van der Waals surface area (Å²) in [6.07, 6.45) is 3.04. The smallest absolute Gasteiger partial charge is 0.248 e. The van der Waals surface area contributed by atoms with Gasteiger partial charge in [0.05, 0.1) is 33.3 Å². The third-order valence-electron chi connectivity index (χ3n) is 2.97. The number of aromatic nitrogens is 1. The Morgan fingerprint density at radius 3 is 2.70 bits per heavy atom. The predicted octanol–water partition coefficient (Wildman–Crippen LogP) is 1.38. The maximum absolute atomic E-state index is 12.3. The van der Waals surface area contributed by atoms with E-state index in [2.05, 4.69) is 4.98 Å². The molecule has 6 heteroatoms. The molecule has 0 saturated carbocycles. The number of rotatable bonds is 4. The van der Waals surface area contributed by atoms with Gasteiger partial charge < -0.3 is 11.5 Å². The van der Waals surface area contributed by atoms with Crippen molar-refractivity contribution in [3.63, 3.8) is 0 Å². The summed E-state index contributed by atoms with van der Waals surface area (Å²) >= 11 is 0. The summed E-state index contributed by atoms with van der Waals surface area (Å²) in [5.41, 5.74) is 13.6. The van der Waals surface area contributed by atoms with Gasteiger partial charge in [-0.05, 0) is 36.2 Å². The average molecular weight is 289 g/mol. The summed E-state index contributed by atoms with van der Waals surface area (Å²) in [7, 11) is -1.25. The van der Waals surface area contributed by atoms with Crippen molar-refractivity contribution < 1.29 is 9.00 Å². The molecule has 4 N–H and O–H groups in total. The zero-order chi connectivity index (χ0) is 14.7. The van der Waals surface area contributed by atoms with E-state index in [0.717, 1.165) is 11.1 Å². The minimum Gasteiger partial charge on any atom is -0.396 e. The first-order chi connectivity index (χ1) is 9.49. The number of nitrogen functional groups attached to an aromatic ring is 1. The zero-order valence-electron chi connectivity index (χ0n) is 11.0. The van der Waals surface area contributed by atoms with Crippen LogP contribution in [-0.2, 0) is 16.6 Å². The number of benzene rings is 1. The van der Waals surface area contributed by atoms with Gasteiger partial charge in [-0.25, -0.2) is 0 Å². The Kier molecular flexibility index (Phi) is 4.14. The molecule has 0 fully saturated rings. The molecule has 0 aliphatic carbocycles. The maximum Gasteiger partial charge on any atom is 0.248 e. The van der Waals surface area contributed by atoms with E-state index in [-0.39, 0.29) is 0 Å². The van der Waals surface area contributed by atoms with Crippen LogP contribution in [0.4, 0.5) is 5.69 Å². The fourth-order valence-corrected chi connectivity index (χ4v) is 3.12. The van der Waals surface area contributed by atoms with Gasteiger partial charge >= 0.3 is 0 Å². The largest absolute Gasteiger partial charge is 0.396 e. The van der Waals surface area contributed by atoms with Gasteiger partial charge in [0, 0.05) is 11.8 Å². The zero-order valence-corrected chi connectivity index (χ0v) is 11.8. The van der Waals surface area contributed by atoms with Crippen LogP contribution in [0.2, 0.25) is 0 Å². The first kappa shape index (κ1) is 14.2. The highest BCUT2D eigenvalue weighted by Gasteiger charge is 2.11. The van der Waals surface area contributed by atoms with Crippen LogP contribution in [-0.4, -0.2) is 15.1 Å². The molecule has 2 rings (SSSR count). The molecule has 104 valence electrons. The Hall–Kier alpha value is -2.21. The van der Waals surface area contributed by atoms with Crippen molar-refractivity contribution in [1.82, 2.24) is 4.98 Å². The molecule has 0 bridgehead atoms. The van der Waals surface area contributed by atoms with Crippen LogP contribution in [0.3, 0.4) is 0 Å². The second-order valence-electron chi connectivity index (χ2n) is 4.41. The van der Waals surface area contributed by atoms with Gasteiger partial charge in [0.15, 0.2) is 0 Å². The normalized spacial score (nSPS) is 12.1. The van der Waals surface area contributed by atoms with E-state index >= 15 is 0 Å². The van der Waals surface area contributed by atoms with Crippen molar-refractivity contribution in [2.45, 2.75) is 17.6 Å². The maximum atomic E-state index is 12.3. The predicted molar refractivity (Wildman–Crippen MR) is 78.5 cm³/mol. The molecule has 0 radical (unpaired) electrons. The van der Waals surface area contributed by atoms with E-state index in [0.29, 0.717) is 21.9 Å². The van der Waals surface area contributed by atoms with Gasteiger partial charge in [0.25, 0.3) is 0 Å². The number of carbonyl (C=O) groups is 1. The van der Waals surface area contributed by atoms with Crippen molar-refractivity contribution in [2.75, 3.05) is 5.73 Å². The lowest BCUT2D eigenvalue weighted by Crippen LogP contribution is -2.11. The lowest BCUT2D eigenvalue weighted by Gasteiger charge is -2.08. The minimum atomic E-state index is -1.25. The van der Waals surface area contributed by atoms with Gasteiger partial charge in [-0.2, -0.15) is 0 Å². The monoisotopic (exact) mass is 289 g/mol. The number of nitrogens with zero attached hydrogens (tertiary/aromatic N) is 1. The van der Waals surface area contributed by atoms with Crippen molar-refractivity contribution >= 4 is 22.4 Å². The van der Waals surface area contributed by atoms with Crippen LogP contribution >= 0.6 is 0 Å². The first-order valence-electron chi connectivity index (χ1n) is 5.96. The first-order valence-corrected chi connectivity index (χ1v) is 7.28. The Morgan fingerprint density at radius 2 is 2.10 bits per heavy atom. The van der Waals surface area contributed by atoms with E-state index in [4.69, 9.17) is 11.5 Å². The van der Waals surface area contributed by atoms with Crippen LogP contribution in [0.25, 0.3) is 0 Å². The van der Waals surface area contributed by atoms with Crippen molar-refractivity contribution in [1.29, 1.82) is 0 Å². The van der Waals surface area contributed by atoms with Crippen LogP contribution in [0, 0.1) is 6.92 Å². The summed E-state index contributed by atoms with van der Waals surface area (Å²) in [4.78, 5) is 15.5. The number of aryl methyl sites for hydroxylation is 1. The molecule has 1 aromatic heterocycles. The summed E-state index contributed by atoms with van der Waals surface area (Å²) in [5.74, 6) is -0.141. The molecular weight excluding hydrogens is 274 g/mol. The Morgan fingerprint density at radius 1 is 1.35 bits per heavy atom. The summed E-state index contributed by atoms with van der Waals surface area (Å²) in [5, 5.41) is 0. The Labute approximate surface area is 119 Å². The second-order valence-corrected chi connectivity index (χ2v) is 5.83. The highest BCUT2D eigenvalue weighted by atomic mass is 32.2. The SMILES string of the molecule is Cc1cc(C(N)=O)ccc1CS(=O)c1ccncc1N. The van der Waals surface area contributed by atoms with Crippen LogP contribution in [0.1, 0.15) is 21.5 Å². The van der Waals surface area contributed by atoms with E-state index in [9.17, 15) is 9.00 Å². The number of carbonyl (C=O) groups excluding carboxylic acids is 1. The second kappa shape index (κ2) is 5.83. The summed E-state index contributed by atoms with van der Waals surface area (Å²) in [6, 6.07) is 6.76. The molecule has 1 aromatic carbocycles. The molecule has 0 spiro atoms. The number of nitrogens with two attached hydrogens (primary N) is 2. The standard InChI is InChI=1S/C14H15N3O2S/c1-9-6-10(14(16)18)2-3-11(9)8-20(19)13-4-5-17-7-12(13)15/h2-7H,8,15H2,1H3,(H2,16,18). The van der Waals surface area contributed by atoms with Gasteiger partial charge in [0.1, 0.15) is 0 Å². The molecule has 2 aromatic rings. The Bertz CT molecular complexity index is 686. The average Bonchev–Trinajstić information content (AvgIpc) is 2.41. The molecule has 1 amide bonds. The highest BCUT2D eigenvalue weighted by molar-refractivity contribution is 7.84. The lowest BCUT2D eigenvalue weighted by molar-refractivity contribution is 0.1000. The fraction of sp³-hybridized carbons (Fsp3) is 0.143. The van der Waals surface area contributed by atoms with Crippen molar-refractivity contribution in [2.24, 2.45) is 5.73 Å². The fourth-order valence-electron chi connectivity index (χ4n) is 1.83. The van der Waals surface area contributed by atoms with E-state index < -0.39 is 16.7 Å². The van der Waals surface area contributed by atoms with Crippen LogP contribution in [0.15, 0.2) is 41.6 Å². The molecule has 1 unspecified atom stereocenters. The number of primary amides is 1. The number of pyridine rings is 1. The third kappa shape index (κ3) is 3.03. The topological polar surface area (TPSA) is 99.1 Å². The van der Waals surface area contributed by atoms with Crippen LogP contribution in [0.5, 0.6) is 0 Å². The van der Waals surface area contributed by atoms with E-state index in [1.54, 1.807) is 30.5 Å². The van der Waals surface area contributed by atoms with Gasteiger partial charge in [-0.15, -0.1) is 0 Å². The Balaban J connectivity index is 2.25. The van der Waals surface area contributed by atoms with E-state index in [1.165, 1.54) is 6.20 Å². The molecule has 5 nitrogen and oxygen atoms in total. The van der Waals surface area contributed by atoms with Crippen LogP contribution < -0.4 is 11.5 Å². The number of hydrogen-bond acceptors (Lipinski definition) is 4. The highest BCUT2D eigenvalue weighted by Crippen LogP contribution is 2.20. The minimum absolute atomic E-state index is 0.332. The molecular formula is C14H15N3O2S. The van der Waals surface area contributed by atoms with Gasteiger partial charge in [-0.3, -0.25) is 14.0 Å². The number of amides is 1. The molecule has 0 saturated heterocycles. The molecule has 1 atom stereocenters.